The van der Waals surface area contributed by atoms with Crippen molar-refractivity contribution in [2.75, 3.05) is 11.2 Å². The number of benzene rings is 1. The first-order chi connectivity index (χ1) is 7.38. The number of carbonyl (C=O) groups is 1. The van der Waals surface area contributed by atoms with Gasteiger partial charge in [-0.15, -0.1) is 11.6 Å². The van der Waals surface area contributed by atoms with Gasteiger partial charge in [0.2, 0.25) is 5.91 Å². The van der Waals surface area contributed by atoms with Crippen molar-refractivity contribution >= 4 is 46.4 Å². The smallest absolute Gasteiger partial charge is 0.231 e. The Labute approximate surface area is 110 Å². The summed E-state index contributed by atoms with van der Waals surface area (Å²) in [4.78, 5) is 11.8. The molecule has 1 aromatic carbocycles. The molecular weight excluding hydrogens is 268 g/mol. The zero-order chi connectivity index (χ0) is 12.3. The average Bonchev–Trinajstić information content (AvgIpc) is 2.24. The van der Waals surface area contributed by atoms with Crippen LogP contribution in [0.2, 0.25) is 10.0 Å². The molecule has 2 nitrogen and oxygen atoms in total. The lowest BCUT2D eigenvalue weighted by Gasteiger charge is -2.20. The molecule has 1 aromatic rings. The monoisotopic (exact) mass is 279 g/mol. The number of carbonyl (C=O) groups excluding carboxylic acids is 1. The Bertz CT molecular complexity index is 404. The molecule has 0 heterocycles. The molecule has 0 saturated carbocycles. The van der Waals surface area contributed by atoms with Gasteiger partial charge in [-0.1, -0.05) is 29.3 Å². The molecule has 1 rings (SSSR count). The summed E-state index contributed by atoms with van der Waals surface area (Å²) in [5, 5.41) is 3.44. The van der Waals surface area contributed by atoms with E-state index in [9.17, 15) is 4.79 Å². The largest absolute Gasteiger partial charge is 0.324 e. The van der Waals surface area contributed by atoms with Crippen LogP contribution in [-0.2, 0) is 4.79 Å². The summed E-state index contributed by atoms with van der Waals surface area (Å²) in [5.41, 5.74) is -0.148. The molecule has 0 spiro atoms. The maximum absolute atomic E-state index is 11.8. The molecule has 88 valence electrons. The molecule has 0 radical (unpaired) electrons. The standard InChI is InChI=1S/C11H12Cl3NO/c1-11(2,6-12)10(16)15-8-5-3-4-7(13)9(8)14/h3-5H,6H2,1-2H3,(H,15,16). The lowest BCUT2D eigenvalue weighted by Crippen LogP contribution is -2.32. The highest BCUT2D eigenvalue weighted by molar-refractivity contribution is 6.44. The Morgan fingerprint density at radius 2 is 2.00 bits per heavy atom. The average molecular weight is 281 g/mol. The van der Waals surface area contributed by atoms with E-state index in [1.54, 1.807) is 32.0 Å². The van der Waals surface area contributed by atoms with Crippen LogP contribution in [0.5, 0.6) is 0 Å². The molecule has 0 saturated heterocycles. The van der Waals surface area contributed by atoms with Crippen molar-refractivity contribution in [1.82, 2.24) is 0 Å². The lowest BCUT2D eigenvalue weighted by atomic mass is 9.95. The number of nitrogens with one attached hydrogen (secondary N) is 1. The predicted molar refractivity (Wildman–Crippen MR) is 69.6 cm³/mol. The summed E-state index contributed by atoms with van der Waals surface area (Å²) in [5.74, 6) is 0.0449. The van der Waals surface area contributed by atoms with Crippen molar-refractivity contribution in [3.05, 3.63) is 28.2 Å². The van der Waals surface area contributed by atoms with Crippen LogP contribution in [-0.4, -0.2) is 11.8 Å². The third-order valence-electron chi connectivity index (χ3n) is 2.15. The highest BCUT2D eigenvalue weighted by Gasteiger charge is 2.27. The molecular formula is C11H12Cl3NO. The molecule has 16 heavy (non-hydrogen) atoms. The third-order valence-corrected chi connectivity index (χ3v) is 3.64. The molecule has 0 aliphatic carbocycles. The van der Waals surface area contributed by atoms with E-state index < -0.39 is 5.41 Å². The van der Waals surface area contributed by atoms with Crippen molar-refractivity contribution in [2.45, 2.75) is 13.8 Å². The molecule has 1 N–H and O–H groups in total. The minimum Gasteiger partial charge on any atom is -0.324 e. The normalized spacial score (nSPS) is 11.3. The van der Waals surface area contributed by atoms with Gasteiger partial charge in [-0.05, 0) is 26.0 Å². The number of rotatable bonds is 3. The third kappa shape index (κ3) is 3.03. The van der Waals surface area contributed by atoms with Crippen LogP contribution >= 0.6 is 34.8 Å². The van der Waals surface area contributed by atoms with E-state index in [0.717, 1.165) is 0 Å². The molecule has 5 heteroatoms. The Balaban J connectivity index is 2.90. The second-order valence-corrected chi connectivity index (χ2v) is 5.13. The molecule has 0 fully saturated rings. The number of anilines is 1. The quantitative estimate of drug-likeness (QED) is 0.826. The Kier molecular flexibility index (Phi) is 4.48. The molecule has 0 bridgehead atoms. The van der Waals surface area contributed by atoms with Crippen LogP contribution in [0.15, 0.2) is 18.2 Å². The predicted octanol–water partition coefficient (Wildman–Crippen LogP) is 4.20. The van der Waals surface area contributed by atoms with Crippen LogP contribution in [0.4, 0.5) is 5.69 Å². The highest BCUT2D eigenvalue weighted by Crippen LogP contribution is 2.31. The van der Waals surface area contributed by atoms with Crippen molar-refractivity contribution in [3.8, 4) is 0 Å². The van der Waals surface area contributed by atoms with Crippen molar-refractivity contribution in [1.29, 1.82) is 0 Å². The maximum Gasteiger partial charge on any atom is 0.231 e. The molecule has 0 aliphatic heterocycles. The Morgan fingerprint density at radius 1 is 1.38 bits per heavy atom. The van der Waals surface area contributed by atoms with Crippen LogP contribution in [0, 0.1) is 5.41 Å². The summed E-state index contributed by atoms with van der Waals surface area (Å²) in [6.07, 6.45) is 0. The van der Waals surface area contributed by atoms with Gasteiger partial charge < -0.3 is 5.32 Å². The van der Waals surface area contributed by atoms with Gasteiger partial charge in [0.15, 0.2) is 0 Å². The Morgan fingerprint density at radius 3 is 2.56 bits per heavy atom. The second-order valence-electron chi connectivity index (χ2n) is 4.07. The van der Waals surface area contributed by atoms with E-state index in [-0.39, 0.29) is 11.8 Å². The molecule has 1 amide bonds. The van der Waals surface area contributed by atoms with Crippen LogP contribution in [0.25, 0.3) is 0 Å². The SMILES string of the molecule is CC(C)(CCl)C(=O)Nc1cccc(Cl)c1Cl. The maximum atomic E-state index is 11.8. The molecule has 0 aliphatic rings. The van der Waals surface area contributed by atoms with Gasteiger partial charge in [0, 0.05) is 5.88 Å². The first-order valence-electron chi connectivity index (χ1n) is 4.70. The summed E-state index contributed by atoms with van der Waals surface area (Å²) in [7, 11) is 0. The van der Waals surface area contributed by atoms with E-state index in [1.165, 1.54) is 0 Å². The van der Waals surface area contributed by atoms with Crippen LogP contribution in [0.1, 0.15) is 13.8 Å². The minimum atomic E-state index is -0.646. The van der Waals surface area contributed by atoms with E-state index in [4.69, 9.17) is 34.8 Å². The highest BCUT2D eigenvalue weighted by atomic mass is 35.5. The number of alkyl halides is 1. The zero-order valence-corrected chi connectivity index (χ0v) is 11.2. The van der Waals surface area contributed by atoms with E-state index in [0.29, 0.717) is 15.7 Å². The molecule has 0 aromatic heterocycles. The lowest BCUT2D eigenvalue weighted by molar-refractivity contribution is -0.122. The van der Waals surface area contributed by atoms with E-state index >= 15 is 0 Å². The van der Waals surface area contributed by atoms with Gasteiger partial charge in [-0.2, -0.15) is 0 Å². The Hall–Kier alpha value is -0.440. The summed E-state index contributed by atoms with van der Waals surface area (Å²) in [6.45, 7) is 3.52. The first-order valence-corrected chi connectivity index (χ1v) is 5.99. The molecule has 0 atom stereocenters. The van der Waals surface area contributed by atoms with Gasteiger partial charge in [0.1, 0.15) is 0 Å². The van der Waals surface area contributed by atoms with Crippen LogP contribution < -0.4 is 5.32 Å². The molecule has 0 unspecified atom stereocenters. The van der Waals surface area contributed by atoms with Crippen LogP contribution in [0.3, 0.4) is 0 Å². The van der Waals surface area contributed by atoms with Gasteiger partial charge in [-0.25, -0.2) is 0 Å². The van der Waals surface area contributed by atoms with Gasteiger partial charge in [0.25, 0.3) is 0 Å². The fraction of sp³-hybridized carbons (Fsp3) is 0.364. The van der Waals surface area contributed by atoms with Gasteiger partial charge in [0.05, 0.1) is 21.1 Å². The first kappa shape index (κ1) is 13.6. The summed E-state index contributed by atoms with van der Waals surface area (Å²) >= 11 is 17.5. The van der Waals surface area contributed by atoms with Crippen molar-refractivity contribution < 1.29 is 4.79 Å². The summed E-state index contributed by atoms with van der Waals surface area (Å²) in [6, 6.07) is 5.07. The topological polar surface area (TPSA) is 29.1 Å². The zero-order valence-electron chi connectivity index (χ0n) is 8.98. The number of hydrogen-bond acceptors (Lipinski definition) is 1. The van der Waals surface area contributed by atoms with Gasteiger partial charge >= 0.3 is 0 Å². The second kappa shape index (κ2) is 5.26. The fourth-order valence-electron chi connectivity index (χ4n) is 0.953. The van der Waals surface area contributed by atoms with E-state index in [1.807, 2.05) is 0 Å². The fourth-order valence-corrected chi connectivity index (χ4v) is 1.42. The number of hydrogen-bond donors (Lipinski definition) is 1. The number of amides is 1. The summed E-state index contributed by atoms with van der Waals surface area (Å²) < 4.78 is 0. The van der Waals surface area contributed by atoms with Crippen molar-refractivity contribution in [3.63, 3.8) is 0 Å². The number of halogens is 3. The van der Waals surface area contributed by atoms with Crippen molar-refractivity contribution in [2.24, 2.45) is 5.41 Å². The minimum absolute atomic E-state index is 0.188. The van der Waals surface area contributed by atoms with E-state index in [2.05, 4.69) is 5.32 Å². The van der Waals surface area contributed by atoms with Gasteiger partial charge in [-0.3, -0.25) is 4.79 Å².